The molecule has 0 radical (unpaired) electrons. The van der Waals surface area contributed by atoms with Crippen LogP contribution in [0.1, 0.15) is 41.9 Å². The minimum absolute atomic E-state index is 0.233. The molecule has 0 saturated heterocycles. The molecule has 2 heterocycles. The van der Waals surface area contributed by atoms with Crippen LogP contribution in [0.5, 0.6) is 0 Å². The molecular weight excluding hydrogens is 402 g/mol. The molecule has 0 aliphatic rings. The number of nitrogens with zero attached hydrogens (tertiary/aromatic N) is 4. The highest BCUT2D eigenvalue weighted by Crippen LogP contribution is 2.22. The van der Waals surface area contributed by atoms with Crippen LogP contribution in [0.2, 0.25) is 0 Å². The zero-order valence-electron chi connectivity index (χ0n) is 18.8. The van der Waals surface area contributed by atoms with Crippen molar-refractivity contribution in [2.75, 3.05) is 0 Å². The summed E-state index contributed by atoms with van der Waals surface area (Å²) in [6.45, 7) is 8.06. The molecule has 0 bridgehead atoms. The monoisotopic (exact) mass is 429 g/mol. The van der Waals surface area contributed by atoms with E-state index in [2.05, 4.69) is 15.5 Å². The Kier molecular flexibility index (Phi) is 5.90. The Morgan fingerprint density at radius 1 is 1.00 bits per heavy atom. The third kappa shape index (κ3) is 3.82. The summed E-state index contributed by atoms with van der Waals surface area (Å²) in [7, 11) is 0. The Bertz CT molecular complexity index is 1340. The maximum absolute atomic E-state index is 13.4. The highest BCUT2D eigenvalue weighted by atomic mass is 16.2. The molecule has 0 saturated carbocycles. The Balaban J connectivity index is 1.71. The topological polar surface area (TPSA) is 81.8 Å². The number of amides is 1. The molecule has 0 fully saturated rings. The van der Waals surface area contributed by atoms with Crippen LogP contribution >= 0.6 is 0 Å². The summed E-state index contributed by atoms with van der Waals surface area (Å²) in [5.74, 6) is -0.233. The van der Waals surface area contributed by atoms with Gasteiger partial charge in [-0.05, 0) is 50.5 Å². The van der Waals surface area contributed by atoms with Gasteiger partial charge < -0.3 is 5.32 Å². The second-order valence-corrected chi connectivity index (χ2v) is 7.96. The minimum Gasteiger partial charge on any atom is -0.350 e. The third-order valence-corrected chi connectivity index (χ3v) is 5.85. The van der Waals surface area contributed by atoms with Crippen molar-refractivity contribution >= 4 is 16.8 Å². The van der Waals surface area contributed by atoms with E-state index in [1.165, 1.54) is 4.68 Å². The smallest absolute Gasteiger partial charge is 0.295 e. The Labute approximate surface area is 186 Å². The van der Waals surface area contributed by atoms with Gasteiger partial charge in [0.25, 0.3) is 5.56 Å². The fourth-order valence-corrected chi connectivity index (χ4v) is 4.06. The average Bonchev–Trinajstić information content (AvgIpc) is 3.15. The van der Waals surface area contributed by atoms with Gasteiger partial charge in [0.05, 0.1) is 22.5 Å². The Morgan fingerprint density at radius 2 is 1.69 bits per heavy atom. The normalized spacial score (nSPS) is 12.1. The first kappa shape index (κ1) is 21.5. The van der Waals surface area contributed by atoms with Crippen LogP contribution in [-0.2, 0) is 11.3 Å². The molecule has 4 rings (SSSR count). The van der Waals surface area contributed by atoms with E-state index in [9.17, 15) is 9.59 Å². The molecule has 7 heteroatoms. The van der Waals surface area contributed by atoms with Gasteiger partial charge in [0, 0.05) is 6.54 Å². The number of nitrogens with one attached hydrogen (secondary N) is 1. The molecule has 1 atom stereocenters. The van der Waals surface area contributed by atoms with Crippen molar-refractivity contribution in [1.82, 2.24) is 24.9 Å². The number of para-hydroxylation sites is 1. The lowest BCUT2D eigenvalue weighted by atomic mass is 10.1. The lowest BCUT2D eigenvalue weighted by Gasteiger charge is -2.18. The number of rotatable bonds is 6. The highest BCUT2D eigenvalue weighted by Gasteiger charge is 2.25. The van der Waals surface area contributed by atoms with Crippen LogP contribution < -0.4 is 10.9 Å². The molecule has 164 valence electrons. The first-order chi connectivity index (χ1) is 15.4. The first-order valence-corrected chi connectivity index (χ1v) is 10.8. The zero-order valence-corrected chi connectivity index (χ0v) is 18.8. The maximum Gasteiger partial charge on any atom is 0.295 e. The van der Waals surface area contributed by atoms with Gasteiger partial charge in [-0.15, -0.1) is 0 Å². The van der Waals surface area contributed by atoms with Gasteiger partial charge in [0.1, 0.15) is 6.04 Å². The summed E-state index contributed by atoms with van der Waals surface area (Å²) in [6.07, 6.45) is 0.440. The van der Waals surface area contributed by atoms with Crippen molar-refractivity contribution in [3.8, 4) is 5.69 Å². The van der Waals surface area contributed by atoms with E-state index in [0.29, 0.717) is 24.2 Å². The van der Waals surface area contributed by atoms with Gasteiger partial charge in [-0.2, -0.15) is 10.2 Å². The van der Waals surface area contributed by atoms with Crippen molar-refractivity contribution < 1.29 is 4.79 Å². The average molecular weight is 430 g/mol. The van der Waals surface area contributed by atoms with Crippen molar-refractivity contribution in [1.29, 1.82) is 0 Å². The predicted molar refractivity (Wildman–Crippen MR) is 125 cm³/mol. The number of aryl methyl sites for hydroxylation is 3. The first-order valence-electron chi connectivity index (χ1n) is 10.8. The lowest BCUT2D eigenvalue weighted by molar-refractivity contribution is -0.125. The van der Waals surface area contributed by atoms with E-state index in [0.717, 1.165) is 27.9 Å². The van der Waals surface area contributed by atoms with Gasteiger partial charge in [-0.1, -0.05) is 49.4 Å². The summed E-state index contributed by atoms with van der Waals surface area (Å²) in [6, 6.07) is 16.9. The van der Waals surface area contributed by atoms with Crippen LogP contribution in [-0.4, -0.2) is 25.5 Å². The van der Waals surface area contributed by atoms with Crippen molar-refractivity contribution in [2.24, 2.45) is 0 Å². The maximum atomic E-state index is 13.4. The summed E-state index contributed by atoms with van der Waals surface area (Å²) < 4.78 is 3.04. The zero-order chi connectivity index (χ0) is 22.8. The quantitative estimate of drug-likeness (QED) is 0.506. The molecule has 4 aromatic rings. The molecule has 0 aliphatic heterocycles. The molecule has 32 heavy (non-hydrogen) atoms. The molecule has 1 N–H and O–H groups in total. The molecule has 1 amide bonds. The number of carbonyl (C=O) groups excluding carboxylic acids is 1. The van der Waals surface area contributed by atoms with Gasteiger partial charge in [0.2, 0.25) is 5.91 Å². The van der Waals surface area contributed by atoms with Gasteiger partial charge in [0.15, 0.2) is 5.52 Å². The fourth-order valence-electron chi connectivity index (χ4n) is 4.06. The second-order valence-electron chi connectivity index (χ2n) is 7.96. The molecule has 0 spiro atoms. The summed E-state index contributed by atoms with van der Waals surface area (Å²) in [5, 5.41) is 12.8. The number of hydrogen-bond acceptors (Lipinski definition) is 4. The van der Waals surface area contributed by atoms with Crippen LogP contribution in [0.25, 0.3) is 16.6 Å². The minimum atomic E-state index is -0.711. The lowest BCUT2D eigenvalue weighted by Crippen LogP contribution is -2.38. The summed E-state index contributed by atoms with van der Waals surface area (Å²) >= 11 is 0. The predicted octanol–water partition coefficient (Wildman–Crippen LogP) is 3.77. The molecular formula is C25H27N5O2. The Morgan fingerprint density at radius 3 is 2.38 bits per heavy atom. The van der Waals surface area contributed by atoms with E-state index < -0.39 is 6.04 Å². The number of benzene rings is 2. The largest absolute Gasteiger partial charge is 0.350 e. The van der Waals surface area contributed by atoms with Crippen LogP contribution in [0.3, 0.4) is 0 Å². The van der Waals surface area contributed by atoms with E-state index in [1.807, 2.05) is 82.3 Å². The number of fused-ring (bicyclic) bond motifs is 1. The summed E-state index contributed by atoms with van der Waals surface area (Å²) in [5.41, 5.74) is 4.50. The number of hydrogen-bond donors (Lipinski definition) is 1. The molecule has 0 aliphatic carbocycles. The number of carbonyl (C=O) groups is 1. The van der Waals surface area contributed by atoms with Crippen LogP contribution in [0.15, 0.2) is 59.4 Å². The molecule has 2 aromatic heterocycles. The second kappa shape index (κ2) is 8.78. The van der Waals surface area contributed by atoms with Gasteiger partial charge in [-0.3, -0.25) is 9.59 Å². The van der Waals surface area contributed by atoms with Crippen molar-refractivity contribution in [2.45, 2.75) is 46.7 Å². The molecule has 7 nitrogen and oxygen atoms in total. The fraction of sp³-hybridized carbons (Fsp3) is 0.280. The standard InChI is InChI=1S/C25H27N5O2/c1-5-21(24(31)26-15-19-12-10-9-11-16(19)2)30-25(32)23-22(17(3)27-30)18(4)29(28-23)20-13-7-6-8-14-20/h6-14,21H,5,15H2,1-4H3,(H,26,31)/t21-/m0/s1. The third-order valence-electron chi connectivity index (χ3n) is 5.85. The van der Waals surface area contributed by atoms with E-state index >= 15 is 0 Å². The van der Waals surface area contributed by atoms with Crippen LogP contribution in [0.4, 0.5) is 0 Å². The van der Waals surface area contributed by atoms with Crippen LogP contribution in [0, 0.1) is 20.8 Å². The van der Waals surface area contributed by atoms with Crippen molar-refractivity contribution in [3.05, 3.63) is 87.5 Å². The van der Waals surface area contributed by atoms with Gasteiger partial charge in [-0.25, -0.2) is 9.36 Å². The van der Waals surface area contributed by atoms with E-state index in [1.54, 1.807) is 4.68 Å². The van der Waals surface area contributed by atoms with E-state index in [-0.39, 0.29) is 11.5 Å². The van der Waals surface area contributed by atoms with E-state index in [4.69, 9.17) is 0 Å². The highest BCUT2D eigenvalue weighted by molar-refractivity contribution is 5.84. The van der Waals surface area contributed by atoms with Gasteiger partial charge >= 0.3 is 0 Å². The SMILES string of the molecule is CC[C@@H](C(=O)NCc1ccccc1C)n1nc(C)c2c(C)n(-c3ccccc3)nc2c1=O. The summed E-state index contributed by atoms with van der Waals surface area (Å²) in [4.78, 5) is 26.4. The molecule has 2 aromatic carbocycles. The number of aromatic nitrogens is 4. The Hall–Kier alpha value is -3.74. The molecule has 0 unspecified atom stereocenters. The van der Waals surface area contributed by atoms with Crippen molar-refractivity contribution in [3.63, 3.8) is 0 Å².